The van der Waals surface area contributed by atoms with Crippen LogP contribution in [0.1, 0.15) is 63.5 Å². The molecule has 0 bridgehead atoms. The predicted molar refractivity (Wildman–Crippen MR) is 253 cm³/mol. The van der Waals surface area contributed by atoms with Crippen LogP contribution in [0.4, 0.5) is 17.1 Å². The number of hydrogen-bond acceptors (Lipinski definition) is 5. The first-order valence-electron chi connectivity index (χ1n) is 22.0. The fourth-order valence-corrected chi connectivity index (χ4v) is 13.3. The van der Waals surface area contributed by atoms with E-state index < -0.39 is 24.0 Å². The molecule has 0 amide bonds. The first-order valence-corrected chi connectivity index (χ1v) is 22.0. The Hall–Kier alpha value is -5.75. The smallest absolute Gasteiger partial charge is 0.411 e. The van der Waals surface area contributed by atoms with Crippen molar-refractivity contribution in [1.29, 1.82) is 0 Å². The number of aliphatic hydroxyl groups excluding tert-OH is 2. The highest BCUT2D eigenvalue weighted by atomic mass is 16.3. The topological polar surface area (TPSA) is 50.2 Å². The Bertz CT molecular complexity index is 2950. The standard InChI is InChI=1S/C53H47B2N3O2/c1-29-44-38(27-34-21-19-32-23-25-42(49(44)45(32)34)56(2)54(29)40-17-9-13-30-11-5-7-15-36(30)40)47-52(59)48(53(47)60)39-28-35-22-20-33-24-26-43-50(46(33)35)51(39)58(4)55(57(43)3)41-18-10-14-31-12-6-8-16-37(31)41/h5-18,23-29,47-48,52-53,59-60H,19-22H2,1-4H3. The van der Waals surface area contributed by atoms with Gasteiger partial charge in [-0.25, -0.2) is 0 Å². The zero-order valence-corrected chi connectivity index (χ0v) is 34.7. The summed E-state index contributed by atoms with van der Waals surface area (Å²) >= 11 is 0. The van der Waals surface area contributed by atoms with Gasteiger partial charge in [0.25, 0.3) is 6.85 Å². The monoisotopic (exact) mass is 779 g/mol. The fraction of sp³-hybridized carbons (Fsp3) is 0.245. The molecule has 1 saturated carbocycles. The molecule has 0 spiro atoms. The summed E-state index contributed by atoms with van der Waals surface area (Å²) in [5, 5.41) is 36.1. The molecule has 0 aromatic heterocycles. The van der Waals surface area contributed by atoms with Crippen LogP contribution in [0.3, 0.4) is 0 Å². The SMILES string of the molecule is CC1B(c2cccc3ccccc23)N(C)c2ccc3c4c(cc(C5C(O)C(c6cc7c8c(ccc9c8c6N(C)B(c6cccc8ccccc68)N9C)CC7)C5O)c1c24)CC3. The zero-order chi connectivity index (χ0) is 40.3. The lowest BCUT2D eigenvalue weighted by Gasteiger charge is -2.51. The minimum atomic E-state index is -0.741. The van der Waals surface area contributed by atoms with Gasteiger partial charge in [0, 0.05) is 39.7 Å². The summed E-state index contributed by atoms with van der Waals surface area (Å²) in [6, 6.07) is 44.9. The van der Waals surface area contributed by atoms with Crippen molar-refractivity contribution in [2.75, 3.05) is 35.6 Å². The zero-order valence-electron chi connectivity index (χ0n) is 34.7. The van der Waals surface area contributed by atoms with Gasteiger partial charge in [-0.2, -0.15) is 0 Å². The van der Waals surface area contributed by atoms with Crippen LogP contribution in [-0.2, 0) is 25.7 Å². The Morgan fingerprint density at radius 2 is 1.02 bits per heavy atom. The molecule has 8 aromatic carbocycles. The second kappa shape index (κ2) is 12.4. The molecular formula is C53H47B2N3O2. The Morgan fingerprint density at radius 1 is 0.500 bits per heavy atom. The van der Waals surface area contributed by atoms with Crippen molar-refractivity contribution >= 4 is 84.9 Å². The molecule has 3 aliphatic carbocycles. The van der Waals surface area contributed by atoms with Gasteiger partial charge < -0.3 is 24.6 Å². The van der Waals surface area contributed by atoms with E-state index in [1.54, 1.807) is 0 Å². The maximum absolute atomic E-state index is 12.9. The molecule has 13 rings (SSSR count). The molecule has 0 saturated heterocycles. The summed E-state index contributed by atoms with van der Waals surface area (Å²) in [4.78, 5) is 7.39. The van der Waals surface area contributed by atoms with Gasteiger partial charge in [-0.1, -0.05) is 116 Å². The minimum absolute atomic E-state index is 0.0706. The highest BCUT2D eigenvalue weighted by Gasteiger charge is 2.55. The summed E-state index contributed by atoms with van der Waals surface area (Å²) in [6.45, 7) is 2.40. The highest BCUT2D eigenvalue weighted by molar-refractivity contribution is 6.83. The van der Waals surface area contributed by atoms with Crippen molar-refractivity contribution < 1.29 is 10.2 Å². The van der Waals surface area contributed by atoms with Gasteiger partial charge in [0.2, 0.25) is 0 Å². The van der Waals surface area contributed by atoms with E-state index in [0.717, 1.165) is 42.5 Å². The lowest BCUT2D eigenvalue weighted by atomic mass is 9.41. The Labute approximate surface area is 352 Å². The second-order valence-electron chi connectivity index (χ2n) is 18.6. The first-order chi connectivity index (χ1) is 29.3. The predicted octanol–water partition coefficient (Wildman–Crippen LogP) is 8.37. The number of nitrogens with zero attached hydrogens (tertiary/aromatic N) is 3. The summed E-state index contributed by atoms with van der Waals surface area (Å²) in [5.74, 6) is -0.688. The Morgan fingerprint density at radius 3 is 1.68 bits per heavy atom. The molecule has 0 radical (unpaired) electrons. The van der Waals surface area contributed by atoms with Gasteiger partial charge in [-0.05, 0) is 147 Å². The largest absolute Gasteiger partial charge is 0.413 e. The lowest BCUT2D eigenvalue weighted by Crippen LogP contribution is -2.61. The van der Waals surface area contributed by atoms with Crippen LogP contribution >= 0.6 is 0 Å². The molecule has 292 valence electrons. The number of fused-ring (bicyclic) bond motifs is 2. The average molecular weight is 780 g/mol. The van der Waals surface area contributed by atoms with E-state index in [1.807, 2.05) is 0 Å². The van der Waals surface area contributed by atoms with Crippen molar-refractivity contribution in [2.45, 2.75) is 62.5 Å². The van der Waals surface area contributed by atoms with Gasteiger partial charge >= 0.3 is 6.98 Å². The quantitative estimate of drug-likeness (QED) is 0.176. The van der Waals surface area contributed by atoms with Crippen LogP contribution in [0.2, 0.25) is 0 Å². The number of aliphatic hydroxyl groups is 2. The van der Waals surface area contributed by atoms with Crippen molar-refractivity contribution in [3.8, 4) is 0 Å². The number of benzene rings is 8. The number of anilines is 3. The van der Waals surface area contributed by atoms with Crippen LogP contribution in [0.5, 0.6) is 0 Å². The summed E-state index contributed by atoms with van der Waals surface area (Å²) < 4.78 is 0. The highest BCUT2D eigenvalue weighted by Crippen LogP contribution is 2.58. The van der Waals surface area contributed by atoms with Crippen molar-refractivity contribution in [3.05, 3.63) is 160 Å². The third-order valence-electron chi connectivity index (χ3n) is 15.9. The Balaban J connectivity index is 0.976. The van der Waals surface area contributed by atoms with Crippen LogP contribution in [0, 0.1) is 0 Å². The lowest BCUT2D eigenvalue weighted by molar-refractivity contribution is -0.0785. The van der Waals surface area contributed by atoms with Gasteiger partial charge in [0.15, 0.2) is 0 Å². The number of hydrogen-bond donors (Lipinski definition) is 2. The van der Waals surface area contributed by atoms with Gasteiger partial charge in [-0.3, -0.25) is 0 Å². The van der Waals surface area contributed by atoms with Crippen LogP contribution in [0.15, 0.2) is 121 Å². The summed E-state index contributed by atoms with van der Waals surface area (Å²) in [7, 11) is 6.72. The van der Waals surface area contributed by atoms with Gasteiger partial charge in [0.05, 0.1) is 12.2 Å². The maximum atomic E-state index is 12.9. The van der Waals surface area contributed by atoms with Crippen LogP contribution in [0.25, 0.3) is 43.1 Å². The van der Waals surface area contributed by atoms with Gasteiger partial charge in [0.1, 0.15) is 0 Å². The molecule has 60 heavy (non-hydrogen) atoms. The van der Waals surface area contributed by atoms with Crippen LogP contribution < -0.4 is 25.4 Å². The average Bonchev–Trinajstić information content (AvgIpc) is 3.89. The molecule has 8 aromatic rings. The van der Waals surface area contributed by atoms with E-state index >= 15 is 0 Å². The summed E-state index contributed by atoms with van der Waals surface area (Å²) in [6.07, 6.45) is 2.54. The van der Waals surface area contributed by atoms with Crippen LogP contribution in [-0.4, -0.2) is 57.4 Å². The third kappa shape index (κ3) is 4.42. The van der Waals surface area contributed by atoms with Crippen molar-refractivity contribution in [3.63, 3.8) is 0 Å². The molecular weight excluding hydrogens is 732 g/mol. The third-order valence-corrected chi connectivity index (χ3v) is 15.9. The molecule has 5 nitrogen and oxygen atoms in total. The summed E-state index contributed by atoms with van der Waals surface area (Å²) in [5.41, 5.74) is 15.3. The molecule has 7 heteroatoms. The molecule has 3 unspecified atom stereocenters. The number of aryl methyl sites for hydroxylation is 4. The van der Waals surface area contributed by atoms with E-state index in [4.69, 9.17) is 0 Å². The molecule has 5 aliphatic rings. The van der Waals surface area contributed by atoms with E-state index in [0.29, 0.717) is 0 Å². The normalized spacial score (nSPS) is 22.6. The number of rotatable bonds is 4. The second-order valence-corrected chi connectivity index (χ2v) is 18.6. The molecule has 1 fully saturated rings. The van der Waals surface area contributed by atoms with E-state index in [1.165, 1.54) is 93.2 Å². The van der Waals surface area contributed by atoms with E-state index in [2.05, 4.69) is 164 Å². The van der Waals surface area contributed by atoms with Gasteiger partial charge in [-0.15, -0.1) is 0 Å². The molecule has 2 N–H and O–H groups in total. The molecule has 2 heterocycles. The van der Waals surface area contributed by atoms with Crippen molar-refractivity contribution in [1.82, 2.24) is 0 Å². The van der Waals surface area contributed by atoms with E-state index in [9.17, 15) is 10.2 Å². The first kappa shape index (κ1) is 35.0. The molecule has 2 aliphatic heterocycles. The molecule has 3 atom stereocenters. The Kier molecular flexibility index (Phi) is 7.25. The maximum Gasteiger partial charge on any atom is 0.411 e. The van der Waals surface area contributed by atoms with E-state index in [-0.39, 0.29) is 19.6 Å². The fourth-order valence-electron chi connectivity index (χ4n) is 13.3. The van der Waals surface area contributed by atoms with Crippen molar-refractivity contribution in [2.24, 2.45) is 0 Å². The minimum Gasteiger partial charge on any atom is -0.413 e.